The number of hydrogen-bond donors (Lipinski definition) is 2. The first kappa shape index (κ1) is 30.0. The number of anilines is 1. The maximum Gasteiger partial charge on any atom is 0.305 e. The largest absolute Gasteiger partial charge is 0.481 e. The van der Waals surface area contributed by atoms with Gasteiger partial charge in [0.1, 0.15) is 17.2 Å². The summed E-state index contributed by atoms with van der Waals surface area (Å²) in [5.41, 5.74) is 3.81. The molecule has 0 bridgehead atoms. The number of furan rings is 1. The van der Waals surface area contributed by atoms with E-state index in [0.717, 1.165) is 42.7 Å². The fraction of sp³-hybridized carbons (Fsp3) is 0.343. The average molecular weight is 585 g/mol. The average Bonchev–Trinajstić information content (AvgIpc) is 3.61. The smallest absolute Gasteiger partial charge is 0.305 e. The quantitative estimate of drug-likeness (QED) is 0.174. The van der Waals surface area contributed by atoms with Crippen molar-refractivity contribution in [2.75, 3.05) is 18.0 Å². The summed E-state index contributed by atoms with van der Waals surface area (Å²) < 4.78 is 20.0. The van der Waals surface area contributed by atoms with Crippen LogP contribution >= 0.6 is 0 Å². The normalized spacial score (nSPS) is 14.1. The Morgan fingerprint density at radius 3 is 2.28 bits per heavy atom. The predicted molar refractivity (Wildman–Crippen MR) is 166 cm³/mol. The molecule has 1 fully saturated rings. The molecule has 1 aromatic heterocycles. The number of carboxylic acids is 1. The number of rotatable bonds is 11. The van der Waals surface area contributed by atoms with Gasteiger partial charge in [-0.2, -0.15) is 0 Å². The van der Waals surface area contributed by atoms with Crippen molar-refractivity contribution in [1.82, 2.24) is 5.32 Å². The Bertz CT molecular complexity index is 1660. The second-order valence-electron chi connectivity index (χ2n) is 11.2. The van der Waals surface area contributed by atoms with Gasteiger partial charge in [0.15, 0.2) is 5.78 Å². The Kier molecular flexibility index (Phi) is 8.67. The van der Waals surface area contributed by atoms with Crippen LogP contribution in [0.15, 0.2) is 65.1 Å². The summed E-state index contributed by atoms with van der Waals surface area (Å²) in [5, 5.41) is 13.2. The predicted octanol–water partition coefficient (Wildman–Crippen LogP) is 7.86. The van der Waals surface area contributed by atoms with Crippen LogP contribution in [-0.4, -0.2) is 41.4 Å². The highest BCUT2D eigenvalue weighted by atomic mass is 19.1. The van der Waals surface area contributed by atoms with Crippen LogP contribution in [0.1, 0.15) is 80.0 Å². The minimum absolute atomic E-state index is 0.0898. The van der Waals surface area contributed by atoms with Crippen molar-refractivity contribution in [2.24, 2.45) is 0 Å². The number of Topliss-reactive ketones (excluding diaryl/α,β-unsaturated/α-hetero) is 1. The van der Waals surface area contributed by atoms with Crippen molar-refractivity contribution in [1.29, 1.82) is 0 Å². The number of aliphatic carboxylic acids is 1. The first-order valence-corrected chi connectivity index (χ1v) is 15.0. The van der Waals surface area contributed by atoms with E-state index in [1.165, 1.54) is 12.1 Å². The summed E-state index contributed by atoms with van der Waals surface area (Å²) >= 11 is 0. The highest BCUT2D eigenvalue weighted by molar-refractivity contribution is 6.13. The number of amides is 1. The molecule has 224 valence electrons. The molecule has 1 aliphatic carbocycles. The lowest BCUT2D eigenvalue weighted by molar-refractivity contribution is -0.138. The third-order valence-electron chi connectivity index (χ3n) is 8.48. The van der Waals surface area contributed by atoms with Gasteiger partial charge in [0, 0.05) is 53.3 Å². The lowest BCUT2D eigenvalue weighted by Gasteiger charge is -2.29. The van der Waals surface area contributed by atoms with Crippen LogP contribution in [0, 0.1) is 5.82 Å². The molecule has 0 radical (unpaired) electrons. The Labute approximate surface area is 250 Å². The van der Waals surface area contributed by atoms with Crippen molar-refractivity contribution in [3.05, 3.63) is 77.6 Å². The zero-order chi connectivity index (χ0) is 30.7. The number of benzene rings is 3. The Hall–Kier alpha value is -4.46. The second kappa shape index (κ2) is 12.4. The van der Waals surface area contributed by atoms with E-state index < -0.39 is 11.5 Å². The van der Waals surface area contributed by atoms with E-state index in [1.54, 1.807) is 25.1 Å². The number of ketones is 1. The summed E-state index contributed by atoms with van der Waals surface area (Å²) in [7, 11) is 0. The highest BCUT2D eigenvalue weighted by Crippen LogP contribution is 2.42. The Balaban J connectivity index is 1.64. The van der Waals surface area contributed by atoms with Crippen LogP contribution in [0.2, 0.25) is 0 Å². The van der Waals surface area contributed by atoms with Crippen LogP contribution in [0.3, 0.4) is 0 Å². The molecule has 1 amide bonds. The minimum atomic E-state index is -0.925. The van der Waals surface area contributed by atoms with E-state index in [9.17, 15) is 23.9 Å². The van der Waals surface area contributed by atoms with Crippen LogP contribution in [0.4, 0.5) is 10.1 Å². The molecule has 0 unspecified atom stereocenters. The lowest BCUT2D eigenvalue weighted by Crippen LogP contribution is -2.47. The molecule has 43 heavy (non-hydrogen) atoms. The monoisotopic (exact) mass is 584 g/mol. The number of fused-ring (bicyclic) bond motifs is 1. The summed E-state index contributed by atoms with van der Waals surface area (Å²) in [6.07, 6.45) is 3.20. The summed E-state index contributed by atoms with van der Waals surface area (Å²) in [5.74, 6) is -1.30. The van der Waals surface area contributed by atoms with Crippen LogP contribution in [0.5, 0.6) is 0 Å². The van der Waals surface area contributed by atoms with Crippen molar-refractivity contribution in [3.8, 4) is 22.5 Å². The van der Waals surface area contributed by atoms with Gasteiger partial charge in [-0.05, 0) is 74.7 Å². The number of carbonyl (C=O) groups excluding carboxylic acids is 2. The maximum absolute atomic E-state index is 13.7. The van der Waals surface area contributed by atoms with Crippen molar-refractivity contribution < 1.29 is 28.3 Å². The molecule has 1 aliphatic rings. The summed E-state index contributed by atoms with van der Waals surface area (Å²) in [4.78, 5) is 40.6. The van der Waals surface area contributed by atoms with Crippen LogP contribution in [0.25, 0.3) is 33.4 Å². The van der Waals surface area contributed by atoms with Gasteiger partial charge in [-0.15, -0.1) is 0 Å². The molecule has 4 aromatic rings. The SMILES string of the molecule is CCC(=O)c1c(-c2ccc(F)cc2)oc2cc(N(CC)CC)c(-c3cccc(C(=O)NC4(CC(=O)O)CCCC4)c3)cc12. The zero-order valence-corrected chi connectivity index (χ0v) is 24.8. The first-order valence-electron chi connectivity index (χ1n) is 15.0. The molecule has 1 heterocycles. The zero-order valence-electron chi connectivity index (χ0n) is 24.8. The van der Waals surface area contributed by atoms with E-state index in [2.05, 4.69) is 24.1 Å². The Morgan fingerprint density at radius 1 is 0.953 bits per heavy atom. The number of halogens is 1. The number of carboxylic acid groups (broad SMARTS) is 1. The van der Waals surface area contributed by atoms with Crippen LogP contribution in [-0.2, 0) is 4.79 Å². The summed E-state index contributed by atoms with van der Waals surface area (Å²) in [6, 6.07) is 17.1. The van der Waals surface area contributed by atoms with E-state index in [-0.39, 0.29) is 30.3 Å². The molecule has 5 rings (SSSR count). The molecule has 0 atom stereocenters. The summed E-state index contributed by atoms with van der Waals surface area (Å²) in [6.45, 7) is 7.36. The molecule has 3 aromatic carbocycles. The number of carbonyl (C=O) groups is 3. The minimum Gasteiger partial charge on any atom is -0.481 e. The molecular weight excluding hydrogens is 547 g/mol. The van der Waals surface area contributed by atoms with Gasteiger partial charge in [-0.1, -0.05) is 31.9 Å². The topological polar surface area (TPSA) is 99.9 Å². The van der Waals surface area contributed by atoms with Gasteiger partial charge in [0.2, 0.25) is 0 Å². The maximum atomic E-state index is 13.7. The fourth-order valence-electron chi connectivity index (χ4n) is 6.28. The van der Waals surface area contributed by atoms with Gasteiger partial charge >= 0.3 is 5.97 Å². The fourth-order valence-corrected chi connectivity index (χ4v) is 6.28. The molecule has 2 N–H and O–H groups in total. The van der Waals surface area contributed by atoms with E-state index in [4.69, 9.17) is 4.42 Å². The van der Waals surface area contributed by atoms with E-state index >= 15 is 0 Å². The van der Waals surface area contributed by atoms with Gasteiger partial charge in [0.05, 0.1) is 17.5 Å². The third kappa shape index (κ3) is 6.05. The van der Waals surface area contributed by atoms with E-state index in [1.807, 2.05) is 30.3 Å². The molecule has 7 nitrogen and oxygen atoms in total. The molecule has 8 heteroatoms. The first-order chi connectivity index (χ1) is 20.7. The lowest BCUT2D eigenvalue weighted by atomic mass is 9.92. The number of hydrogen-bond acceptors (Lipinski definition) is 5. The van der Waals surface area contributed by atoms with Crippen molar-refractivity contribution in [3.63, 3.8) is 0 Å². The van der Waals surface area contributed by atoms with Crippen molar-refractivity contribution in [2.45, 2.75) is 64.8 Å². The molecule has 0 spiro atoms. The number of nitrogens with zero attached hydrogens (tertiary/aromatic N) is 1. The number of nitrogens with one attached hydrogen (secondary N) is 1. The second-order valence-corrected chi connectivity index (χ2v) is 11.2. The molecule has 0 saturated heterocycles. The van der Waals surface area contributed by atoms with Gasteiger partial charge in [0.25, 0.3) is 5.91 Å². The third-order valence-corrected chi connectivity index (χ3v) is 8.48. The van der Waals surface area contributed by atoms with Gasteiger partial charge in [-0.25, -0.2) is 4.39 Å². The van der Waals surface area contributed by atoms with Gasteiger partial charge in [-0.3, -0.25) is 14.4 Å². The highest BCUT2D eigenvalue weighted by Gasteiger charge is 2.37. The van der Waals surface area contributed by atoms with Crippen LogP contribution < -0.4 is 10.2 Å². The van der Waals surface area contributed by atoms with Crippen molar-refractivity contribution >= 4 is 34.3 Å². The van der Waals surface area contributed by atoms with E-state index in [0.29, 0.717) is 46.3 Å². The van der Waals surface area contributed by atoms with Gasteiger partial charge < -0.3 is 19.7 Å². The molecule has 1 saturated carbocycles. The molecular formula is C35H37FN2O5. The Morgan fingerprint density at radius 2 is 1.65 bits per heavy atom. The molecule has 0 aliphatic heterocycles. The standard InChI is InChI=1S/C35H37FN2O5/c1-4-29(39)32-27-19-26(23-10-9-11-24(18-23)34(42)37-35(21-31(40)41)16-7-8-17-35)28(38(5-2)6-3)20-30(27)43-33(32)22-12-14-25(36)15-13-22/h9-15,18-20H,4-8,16-17,21H2,1-3H3,(H,37,42)(H,40,41).